The molecule has 3 N–H and O–H groups in total. The van der Waals surface area contributed by atoms with E-state index in [0.717, 1.165) is 12.8 Å². The molecule has 0 aromatic heterocycles. The van der Waals surface area contributed by atoms with Crippen LogP contribution >= 0.6 is 0 Å². The third-order valence-corrected chi connectivity index (χ3v) is 7.00. The topological polar surface area (TPSA) is 142 Å². The molecule has 4 unspecified atom stereocenters. The van der Waals surface area contributed by atoms with E-state index in [0.29, 0.717) is 11.1 Å². The first-order chi connectivity index (χ1) is 19.0. The first kappa shape index (κ1) is 32.5. The summed E-state index contributed by atoms with van der Waals surface area (Å²) in [6.45, 7) is 9.41. The second-order valence-corrected chi connectivity index (χ2v) is 10.4. The van der Waals surface area contributed by atoms with E-state index in [1.54, 1.807) is 43.3 Å². The molecule has 5 atom stereocenters. The minimum Gasteiger partial charge on any atom is -0.480 e. The van der Waals surface area contributed by atoms with Gasteiger partial charge in [0.25, 0.3) is 0 Å². The average molecular weight is 556 g/mol. The van der Waals surface area contributed by atoms with Crippen LogP contribution in [-0.4, -0.2) is 41.6 Å². The fourth-order valence-corrected chi connectivity index (χ4v) is 4.09. The summed E-state index contributed by atoms with van der Waals surface area (Å²) in [4.78, 5) is 49.6. The van der Waals surface area contributed by atoms with Crippen molar-refractivity contribution in [2.24, 2.45) is 23.5 Å². The molecule has 0 amide bonds. The van der Waals surface area contributed by atoms with E-state index >= 15 is 0 Å². The third-order valence-electron chi connectivity index (χ3n) is 7.00. The van der Waals surface area contributed by atoms with Crippen molar-refractivity contribution < 1.29 is 38.5 Å². The summed E-state index contributed by atoms with van der Waals surface area (Å²) >= 11 is 0. The maximum Gasteiger partial charge on any atom is 0.338 e. The number of hydrogen-bond acceptors (Lipinski definition) is 8. The van der Waals surface area contributed by atoms with Crippen LogP contribution in [0, 0.1) is 17.8 Å². The summed E-state index contributed by atoms with van der Waals surface area (Å²) < 4.78 is 16.6. The van der Waals surface area contributed by atoms with Crippen LogP contribution in [0.5, 0.6) is 11.5 Å². The molecule has 0 aliphatic heterocycles. The number of benzene rings is 2. The van der Waals surface area contributed by atoms with Crippen molar-refractivity contribution >= 4 is 23.9 Å². The number of carbonyl (C=O) groups is 4. The highest BCUT2D eigenvalue weighted by atomic mass is 16.6. The predicted octanol–water partition coefficient (Wildman–Crippen LogP) is 5.36. The molecule has 2 aromatic rings. The Hall–Kier alpha value is -3.72. The summed E-state index contributed by atoms with van der Waals surface area (Å²) in [5, 5.41) is 9.75. The lowest BCUT2D eigenvalue weighted by molar-refractivity contribution is -0.139. The Morgan fingerprint density at radius 1 is 0.825 bits per heavy atom. The van der Waals surface area contributed by atoms with Gasteiger partial charge < -0.3 is 25.1 Å². The number of aliphatic carboxylic acids is 1. The van der Waals surface area contributed by atoms with Crippen molar-refractivity contribution in [1.29, 1.82) is 0 Å². The van der Waals surface area contributed by atoms with Gasteiger partial charge in [-0.15, -0.1) is 0 Å². The van der Waals surface area contributed by atoms with Crippen molar-refractivity contribution in [2.75, 3.05) is 6.61 Å². The van der Waals surface area contributed by atoms with E-state index in [2.05, 4.69) is 0 Å². The SMILES string of the molecule is CCC(C)CC(=O)Oc1ccc(C(C(C)COC(=O)c2ccccc2)[C@H](N)C(=O)O)cc1OC(=O)CC(C)CC. The lowest BCUT2D eigenvalue weighted by Gasteiger charge is -2.28. The highest BCUT2D eigenvalue weighted by Crippen LogP contribution is 2.36. The summed E-state index contributed by atoms with van der Waals surface area (Å²) in [6, 6.07) is 11.6. The standard InChI is InChI=1S/C31H41NO8/c1-6-19(3)15-26(33)39-24-14-13-23(17-25(24)40-27(34)16-20(4)7-2)28(29(32)30(35)36)21(5)18-38-31(37)22-11-9-8-10-12-22/h8-14,17,19-21,28-29H,6-7,15-16,18,32H2,1-5H3,(H,35,36)/t19?,20?,21?,28?,29-/m0/s1. The lowest BCUT2D eigenvalue weighted by Crippen LogP contribution is -2.40. The van der Waals surface area contributed by atoms with E-state index < -0.39 is 41.8 Å². The molecule has 0 aliphatic carbocycles. The molecule has 0 bridgehead atoms. The maximum atomic E-state index is 12.7. The van der Waals surface area contributed by atoms with Gasteiger partial charge in [0.2, 0.25) is 0 Å². The molecule has 2 aromatic carbocycles. The molecule has 0 fully saturated rings. The normalized spacial score (nSPS) is 14.8. The molecule has 0 radical (unpaired) electrons. The molecule has 218 valence electrons. The van der Waals surface area contributed by atoms with Gasteiger partial charge in [0, 0.05) is 18.8 Å². The molecule has 9 nitrogen and oxygen atoms in total. The van der Waals surface area contributed by atoms with Gasteiger partial charge in [0.05, 0.1) is 12.2 Å². The van der Waals surface area contributed by atoms with Crippen molar-refractivity contribution in [3.63, 3.8) is 0 Å². The minimum atomic E-state index is -1.35. The van der Waals surface area contributed by atoms with E-state index in [1.807, 2.05) is 27.7 Å². The highest BCUT2D eigenvalue weighted by molar-refractivity contribution is 5.89. The summed E-state index contributed by atoms with van der Waals surface area (Å²) in [5.41, 5.74) is 6.91. The van der Waals surface area contributed by atoms with Crippen LogP contribution in [0.3, 0.4) is 0 Å². The number of carboxylic acids is 1. The number of carbonyl (C=O) groups excluding carboxylic acids is 3. The van der Waals surface area contributed by atoms with Crippen LogP contribution in [-0.2, 0) is 19.1 Å². The third kappa shape index (κ3) is 9.79. The molecule has 40 heavy (non-hydrogen) atoms. The monoisotopic (exact) mass is 555 g/mol. The van der Waals surface area contributed by atoms with Gasteiger partial charge in [0.1, 0.15) is 6.04 Å². The molecular weight excluding hydrogens is 514 g/mol. The fraction of sp³-hybridized carbons (Fsp3) is 0.484. The number of hydrogen-bond donors (Lipinski definition) is 2. The second-order valence-electron chi connectivity index (χ2n) is 10.4. The zero-order valence-corrected chi connectivity index (χ0v) is 23.9. The van der Waals surface area contributed by atoms with Gasteiger partial charge in [-0.05, 0) is 47.6 Å². The van der Waals surface area contributed by atoms with Crippen LogP contribution in [0.25, 0.3) is 0 Å². The Morgan fingerprint density at radius 3 is 1.90 bits per heavy atom. The minimum absolute atomic E-state index is 0.000580. The summed E-state index contributed by atoms with van der Waals surface area (Å²) in [7, 11) is 0. The van der Waals surface area contributed by atoms with Crippen molar-refractivity contribution in [3.05, 3.63) is 59.7 Å². The largest absolute Gasteiger partial charge is 0.480 e. The van der Waals surface area contributed by atoms with Crippen LogP contribution in [0.1, 0.15) is 82.1 Å². The predicted molar refractivity (Wildman–Crippen MR) is 150 cm³/mol. The Morgan fingerprint density at radius 2 is 1.38 bits per heavy atom. The number of rotatable bonds is 15. The van der Waals surface area contributed by atoms with E-state index in [1.165, 1.54) is 12.1 Å². The van der Waals surface area contributed by atoms with Crippen LogP contribution < -0.4 is 15.2 Å². The molecule has 0 saturated carbocycles. The van der Waals surface area contributed by atoms with Crippen LogP contribution in [0.4, 0.5) is 0 Å². The molecule has 0 saturated heterocycles. The quantitative estimate of drug-likeness (QED) is 0.219. The lowest BCUT2D eigenvalue weighted by atomic mass is 9.82. The molecule has 0 heterocycles. The number of ether oxygens (including phenoxy) is 3. The molecule has 0 spiro atoms. The van der Waals surface area contributed by atoms with E-state index in [-0.39, 0.29) is 42.8 Å². The van der Waals surface area contributed by atoms with Gasteiger partial charge in [-0.1, -0.05) is 71.7 Å². The maximum absolute atomic E-state index is 12.7. The number of esters is 3. The first-order valence-electron chi connectivity index (χ1n) is 13.7. The van der Waals surface area contributed by atoms with Gasteiger partial charge in [-0.3, -0.25) is 14.4 Å². The Bertz CT molecular complexity index is 1150. The summed E-state index contributed by atoms with van der Waals surface area (Å²) in [6.07, 6.45) is 1.92. The second kappa shape index (κ2) is 15.8. The Balaban J connectivity index is 2.38. The molecule has 2 rings (SSSR count). The molecule has 9 heteroatoms. The van der Waals surface area contributed by atoms with E-state index in [4.69, 9.17) is 19.9 Å². The zero-order chi connectivity index (χ0) is 29.8. The van der Waals surface area contributed by atoms with Gasteiger partial charge in [0.15, 0.2) is 11.5 Å². The van der Waals surface area contributed by atoms with Gasteiger partial charge in [-0.2, -0.15) is 0 Å². The van der Waals surface area contributed by atoms with Crippen LogP contribution in [0.15, 0.2) is 48.5 Å². The van der Waals surface area contributed by atoms with Gasteiger partial charge in [-0.25, -0.2) is 4.79 Å². The number of carboxylic acid groups (broad SMARTS) is 1. The fourth-order valence-electron chi connectivity index (χ4n) is 4.09. The van der Waals surface area contributed by atoms with Crippen molar-refractivity contribution in [3.8, 4) is 11.5 Å². The van der Waals surface area contributed by atoms with Crippen molar-refractivity contribution in [2.45, 2.75) is 72.3 Å². The van der Waals surface area contributed by atoms with Gasteiger partial charge >= 0.3 is 23.9 Å². The van der Waals surface area contributed by atoms with E-state index in [9.17, 15) is 24.3 Å². The van der Waals surface area contributed by atoms with Crippen molar-refractivity contribution in [1.82, 2.24) is 0 Å². The van der Waals surface area contributed by atoms with Crippen LogP contribution in [0.2, 0.25) is 0 Å². The Labute approximate surface area is 236 Å². The Kier molecular flexibility index (Phi) is 12.8. The molecular formula is C31H41NO8. The smallest absolute Gasteiger partial charge is 0.338 e. The highest BCUT2D eigenvalue weighted by Gasteiger charge is 2.33. The zero-order valence-electron chi connectivity index (χ0n) is 23.9. The average Bonchev–Trinajstić information content (AvgIpc) is 2.93. The first-order valence-corrected chi connectivity index (χ1v) is 13.7. The molecule has 0 aliphatic rings. The number of nitrogens with two attached hydrogens (primary N) is 1. The summed E-state index contributed by atoms with van der Waals surface area (Å²) in [5.74, 6) is -3.86.